The molecule has 8 aromatic rings. The highest BCUT2D eigenvalue weighted by Gasteiger charge is 2.36. The predicted octanol–water partition coefficient (Wildman–Crippen LogP) is 10.7. The quantitative estimate of drug-likeness (QED) is 0.187. The van der Waals surface area contributed by atoms with Gasteiger partial charge in [0.25, 0.3) is 0 Å². The van der Waals surface area contributed by atoms with Gasteiger partial charge in [-0.3, -0.25) is 0 Å². The van der Waals surface area contributed by atoms with Crippen LogP contribution in [0.3, 0.4) is 0 Å². The smallest absolute Gasteiger partial charge is 0.123 e. The van der Waals surface area contributed by atoms with Gasteiger partial charge in [-0.25, -0.2) is 4.39 Å². The van der Waals surface area contributed by atoms with Gasteiger partial charge in [-0.2, -0.15) is 0 Å². The molecule has 41 heavy (non-hydrogen) atoms. The predicted molar refractivity (Wildman–Crippen MR) is 171 cm³/mol. The van der Waals surface area contributed by atoms with Crippen LogP contribution >= 0.6 is 0 Å². The van der Waals surface area contributed by atoms with Crippen LogP contribution in [0.2, 0.25) is 0 Å². The van der Waals surface area contributed by atoms with Crippen LogP contribution in [0.5, 0.6) is 0 Å². The van der Waals surface area contributed by atoms with Crippen molar-refractivity contribution in [2.75, 3.05) is 0 Å². The summed E-state index contributed by atoms with van der Waals surface area (Å²) in [6.45, 7) is 4.64. The summed E-state index contributed by atoms with van der Waals surface area (Å²) in [7, 11) is 0. The van der Waals surface area contributed by atoms with Crippen molar-refractivity contribution in [3.05, 3.63) is 138 Å². The molecule has 1 aliphatic carbocycles. The van der Waals surface area contributed by atoms with Crippen LogP contribution in [0.25, 0.3) is 70.9 Å². The Labute approximate surface area is 237 Å². The average molecular weight is 528 g/mol. The van der Waals surface area contributed by atoms with Crippen LogP contribution in [0.1, 0.15) is 25.0 Å². The van der Waals surface area contributed by atoms with Crippen molar-refractivity contribution in [1.82, 2.24) is 4.57 Å². The Morgan fingerprint density at radius 3 is 1.68 bits per heavy atom. The van der Waals surface area contributed by atoms with Gasteiger partial charge in [0.1, 0.15) is 5.82 Å². The highest BCUT2D eigenvalue weighted by atomic mass is 19.1. The Balaban J connectivity index is 1.51. The lowest BCUT2D eigenvalue weighted by molar-refractivity contribution is 0.627. The average Bonchev–Trinajstić information content (AvgIpc) is 3.44. The lowest BCUT2D eigenvalue weighted by atomic mass is 9.82. The monoisotopic (exact) mass is 527 g/mol. The summed E-state index contributed by atoms with van der Waals surface area (Å²) in [5.74, 6) is -0.227. The molecule has 194 valence electrons. The second kappa shape index (κ2) is 7.83. The summed E-state index contributed by atoms with van der Waals surface area (Å²) in [5, 5.41) is 9.96. The van der Waals surface area contributed by atoms with Gasteiger partial charge in [-0.15, -0.1) is 0 Å². The Morgan fingerprint density at radius 2 is 1.00 bits per heavy atom. The lowest BCUT2D eigenvalue weighted by Gasteiger charge is -2.21. The molecule has 1 nitrogen and oxygen atoms in total. The number of hydrogen-bond donors (Lipinski definition) is 0. The summed E-state index contributed by atoms with van der Waals surface area (Å²) in [4.78, 5) is 0. The van der Waals surface area contributed by atoms with Crippen molar-refractivity contribution >= 4 is 54.1 Å². The third-order valence-electron chi connectivity index (χ3n) is 9.42. The second-order valence-electron chi connectivity index (χ2n) is 11.9. The molecular weight excluding hydrogens is 501 g/mol. The first-order valence-corrected chi connectivity index (χ1v) is 14.2. The molecule has 0 radical (unpaired) electrons. The van der Waals surface area contributed by atoms with Crippen LogP contribution in [-0.2, 0) is 5.41 Å². The van der Waals surface area contributed by atoms with Crippen molar-refractivity contribution < 1.29 is 4.39 Å². The summed E-state index contributed by atoms with van der Waals surface area (Å²) in [6.07, 6.45) is 0. The molecule has 0 N–H and O–H groups in total. The SMILES string of the molecule is CC1(C)c2ccccc2-c2cc3c4cc5c6ccccc6c6ccccc6c5cc4n(-c4ccc(F)cc4)c3cc21. The Kier molecular flexibility index (Phi) is 4.36. The van der Waals surface area contributed by atoms with Crippen LogP contribution in [0.15, 0.2) is 121 Å². The number of fused-ring (bicyclic) bond motifs is 12. The molecule has 0 bridgehead atoms. The molecule has 1 heterocycles. The van der Waals surface area contributed by atoms with E-state index in [1.807, 2.05) is 12.1 Å². The van der Waals surface area contributed by atoms with E-state index in [1.165, 1.54) is 65.3 Å². The number of hydrogen-bond acceptors (Lipinski definition) is 0. The number of halogens is 1. The first-order valence-electron chi connectivity index (χ1n) is 14.2. The van der Waals surface area contributed by atoms with Crippen molar-refractivity contribution in [3.8, 4) is 16.8 Å². The molecule has 0 aliphatic heterocycles. The van der Waals surface area contributed by atoms with Gasteiger partial charge >= 0.3 is 0 Å². The molecule has 0 spiro atoms. The van der Waals surface area contributed by atoms with Crippen molar-refractivity contribution in [1.29, 1.82) is 0 Å². The Hall–Kier alpha value is -4.95. The fourth-order valence-corrected chi connectivity index (χ4v) is 7.48. The molecule has 1 aromatic heterocycles. The number of benzene rings is 7. The first kappa shape index (κ1) is 22.8. The third-order valence-corrected chi connectivity index (χ3v) is 9.42. The van der Waals surface area contributed by atoms with Crippen LogP contribution in [-0.4, -0.2) is 4.57 Å². The van der Waals surface area contributed by atoms with E-state index in [2.05, 4.69) is 115 Å². The number of nitrogens with zero attached hydrogens (tertiary/aromatic N) is 1. The molecule has 9 rings (SSSR count). The van der Waals surface area contributed by atoms with Crippen molar-refractivity contribution in [2.24, 2.45) is 0 Å². The summed E-state index contributed by atoms with van der Waals surface area (Å²) in [5.41, 5.74) is 8.45. The number of rotatable bonds is 1. The van der Waals surface area contributed by atoms with E-state index in [0.717, 1.165) is 16.7 Å². The zero-order chi connectivity index (χ0) is 27.5. The van der Waals surface area contributed by atoms with Crippen LogP contribution in [0, 0.1) is 5.82 Å². The minimum atomic E-state index is -0.227. The molecule has 0 saturated carbocycles. The van der Waals surface area contributed by atoms with E-state index in [-0.39, 0.29) is 11.2 Å². The van der Waals surface area contributed by atoms with E-state index >= 15 is 0 Å². The highest BCUT2D eigenvalue weighted by Crippen LogP contribution is 2.51. The largest absolute Gasteiger partial charge is 0.309 e. The highest BCUT2D eigenvalue weighted by molar-refractivity contribution is 6.29. The van der Waals surface area contributed by atoms with Crippen LogP contribution in [0.4, 0.5) is 4.39 Å². The van der Waals surface area contributed by atoms with E-state index < -0.39 is 0 Å². The van der Waals surface area contributed by atoms with Gasteiger partial charge < -0.3 is 4.57 Å². The lowest BCUT2D eigenvalue weighted by Crippen LogP contribution is -2.14. The molecule has 0 unspecified atom stereocenters. The normalized spacial score (nSPS) is 13.9. The molecule has 0 fully saturated rings. The maximum atomic E-state index is 14.1. The summed E-state index contributed by atoms with van der Waals surface area (Å²) < 4.78 is 16.4. The summed E-state index contributed by atoms with van der Waals surface area (Å²) in [6, 6.07) is 42.7. The first-order chi connectivity index (χ1) is 20.0. The molecule has 0 amide bonds. The number of aromatic nitrogens is 1. The summed E-state index contributed by atoms with van der Waals surface area (Å²) >= 11 is 0. The van der Waals surface area contributed by atoms with E-state index in [1.54, 1.807) is 12.1 Å². The molecule has 2 heteroatoms. The molecule has 0 atom stereocenters. The Bertz CT molecular complexity index is 2390. The molecule has 0 saturated heterocycles. The molecule has 7 aromatic carbocycles. The zero-order valence-corrected chi connectivity index (χ0v) is 22.9. The fraction of sp³-hybridized carbons (Fsp3) is 0.0769. The fourth-order valence-electron chi connectivity index (χ4n) is 7.48. The maximum absolute atomic E-state index is 14.1. The minimum Gasteiger partial charge on any atom is -0.309 e. The van der Waals surface area contributed by atoms with Gasteiger partial charge in [-0.1, -0.05) is 86.6 Å². The topological polar surface area (TPSA) is 4.93 Å². The van der Waals surface area contributed by atoms with Gasteiger partial charge in [0, 0.05) is 21.9 Å². The van der Waals surface area contributed by atoms with Gasteiger partial charge in [0.05, 0.1) is 11.0 Å². The maximum Gasteiger partial charge on any atom is 0.123 e. The minimum absolute atomic E-state index is 0.110. The van der Waals surface area contributed by atoms with E-state index in [9.17, 15) is 4.39 Å². The van der Waals surface area contributed by atoms with Crippen molar-refractivity contribution in [3.63, 3.8) is 0 Å². The van der Waals surface area contributed by atoms with Gasteiger partial charge in [0.2, 0.25) is 0 Å². The Morgan fingerprint density at radius 1 is 0.463 bits per heavy atom. The van der Waals surface area contributed by atoms with E-state index in [0.29, 0.717) is 0 Å². The van der Waals surface area contributed by atoms with Gasteiger partial charge in [-0.05, 0) is 103 Å². The van der Waals surface area contributed by atoms with Crippen molar-refractivity contribution in [2.45, 2.75) is 19.3 Å². The van der Waals surface area contributed by atoms with Crippen LogP contribution < -0.4 is 0 Å². The third kappa shape index (κ3) is 2.94. The molecule has 1 aliphatic rings. The zero-order valence-electron chi connectivity index (χ0n) is 22.9. The van der Waals surface area contributed by atoms with Gasteiger partial charge in [0.15, 0.2) is 0 Å². The second-order valence-corrected chi connectivity index (χ2v) is 11.9. The standard InChI is InChI=1S/C39H26FN/c1-39(2)35-14-8-7-13-29(35)32-20-34-33-19-30-27-11-5-3-9-25(27)26-10-4-6-12-28(26)31(30)21-37(33)41(38(34)22-36(32)39)24-17-15-23(40)16-18-24/h3-22H,1-2H3. The van der Waals surface area contributed by atoms with E-state index in [4.69, 9.17) is 0 Å². The molecular formula is C39H26FN.